The average molecular weight is 538 g/mol. The highest BCUT2D eigenvalue weighted by Gasteiger charge is 2.31. The van der Waals surface area contributed by atoms with Crippen LogP contribution in [0.5, 0.6) is 5.75 Å². The zero-order valence-corrected chi connectivity index (χ0v) is 21.4. The van der Waals surface area contributed by atoms with Crippen LogP contribution >= 0.6 is 11.6 Å². The molecule has 0 aliphatic carbocycles. The number of hydrogen-bond donors (Lipinski definition) is 2. The summed E-state index contributed by atoms with van der Waals surface area (Å²) >= 11 is 5.87. The van der Waals surface area contributed by atoms with Crippen molar-refractivity contribution < 1.29 is 23.5 Å². The Kier molecular flexibility index (Phi) is 7.17. The molecule has 3 heterocycles. The summed E-state index contributed by atoms with van der Waals surface area (Å²) in [6, 6.07) is 10.3. The van der Waals surface area contributed by atoms with E-state index in [9.17, 15) is 23.5 Å². The predicted octanol–water partition coefficient (Wildman–Crippen LogP) is 6.50. The number of benzene rings is 2. The van der Waals surface area contributed by atoms with Gasteiger partial charge in [0.15, 0.2) is 5.82 Å². The van der Waals surface area contributed by atoms with Gasteiger partial charge in [0.05, 0.1) is 28.0 Å². The molecule has 0 spiro atoms. The Balaban J connectivity index is 1.53. The Labute approximate surface area is 224 Å². The van der Waals surface area contributed by atoms with Gasteiger partial charge in [-0.25, -0.2) is 8.78 Å². The van der Waals surface area contributed by atoms with E-state index in [2.05, 4.69) is 10.3 Å². The molecule has 0 radical (unpaired) electrons. The molecule has 1 aromatic heterocycles. The maximum atomic E-state index is 14.6. The molecule has 2 bridgehead atoms. The number of hydrogen-bond acceptors (Lipinski definition) is 4. The number of nitrogens with one attached hydrogen (secondary N) is 1. The Morgan fingerprint density at radius 3 is 2.71 bits per heavy atom. The second-order valence-electron chi connectivity index (χ2n) is 9.71. The van der Waals surface area contributed by atoms with Crippen LogP contribution in [0.3, 0.4) is 0 Å². The van der Waals surface area contributed by atoms with Crippen molar-refractivity contribution in [2.24, 2.45) is 5.92 Å². The number of halogens is 3. The van der Waals surface area contributed by atoms with Crippen molar-refractivity contribution in [2.75, 3.05) is 11.9 Å². The molecular formula is C29H26ClF2N3O3. The van der Waals surface area contributed by atoms with Gasteiger partial charge in [0.25, 0.3) is 0 Å². The third kappa shape index (κ3) is 5.00. The van der Waals surface area contributed by atoms with Gasteiger partial charge in [-0.3, -0.25) is 14.6 Å². The molecule has 38 heavy (non-hydrogen) atoms. The molecule has 2 N–H and O–H groups in total. The van der Waals surface area contributed by atoms with Crippen molar-refractivity contribution in [3.05, 3.63) is 82.7 Å². The molecule has 9 heteroatoms. The molecule has 6 nitrogen and oxygen atoms in total. The average Bonchev–Trinajstić information content (AvgIpc) is 2.89. The number of pyridine rings is 1. The number of aromatic hydroxyl groups is 1. The van der Waals surface area contributed by atoms with Crippen molar-refractivity contribution in [1.29, 1.82) is 0 Å². The van der Waals surface area contributed by atoms with E-state index >= 15 is 0 Å². The lowest BCUT2D eigenvalue weighted by atomic mass is 9.92. The van der Waals surface area contributed by atoms with Crippen molar-refractivity contribution in [2.45, 2.75) is 38.6 Å². The minimum Gasteiger partial charge on any atom is -0.508 e. The van der Waals surface area contributed by atoms with Crippen LogP contribution in [-0.2, 0) is 9.59 Å². The number of phenolic OH excluding ortho intramolecular Hbond substituents is 1. The van der Waals surface area contributed by atoms with Gasteiger partial charge in [-0.2, -0.15) is 0 Å². The van der Waals surface area contributed by atoms with Crippen LogP contribution in [-0.4, -0.2) is 33.3 Å². The topological polar surface area (TPSA) is 82.5 Å². The minimum atomic E-state index is -0.878. The van der Waals surface area contributed by atoms with Crippen LogP contribution in [0.25, 0.3) is 16.7 Å². The standard InChI is InChI=1S/C29H26ClF2N3O3/c1-16-3-2-4-25(35-12-10-18(14-26(35)37)27-22(31)8-7-21(30)28(27)32)24-13-17(9-11-33-24)20-6-5-19(36)15-23(20)34-29(16)38/h5-9,11,13-16,25,36H,2-4,10,12H2,1H3,(H,34,38). The largest absolute Gasteiger partial charge is 0.508 e. The summed E-state index contributed by atoms with van der Waals surface area (Å²) in [5.41, 5.74) is 2.63. The Bertz CT molecular complexity index is 1460. The number of phenols is 1. The molecule has 2 amide bonds. The van der Waals surface area contributed by atoms with E-state index in [-0.39, 0.29) is 52.6 Å². The Hall–Kier alpha value is -3.78. The van der Waals surface area contributed by atoms with Crippen molar-refractivity contribution >= 4 is 34.7 Å². The van der Waals surface area contributed by atoms with Crippen molar-refractivity contribution in [3.63, 3.8) is 0 Å². The minimum absolute atomic E-state index is 0.0324. The summed E-state index contributed by atoms with van der Waals surface area (Å²) in [6.45, 7) is 2.08. The van der Waals surface area contributed by atoms with Gasteiger partial charge in [0.2, 0.25) is 11.8 Å². The molecule has 2 aliphatic rings. The third-order valence-corrected chi connectivity index (χ3v) is 7.49. The van der Waals surface area contributed by atoms with Crippen LogP contribution < -0.4 is 5.32 Å². The normalized spacial score (nSPS) is 20.1. The molecule has 0 saturated heterocycles. The van der Waals surface area contributed by atoms with Crippen molar-refractivity contribution in [3.8, 4) is 16.9 Å². The molecule has 2 aliphatic heterocycles. The monoisotopic (exact) mass is 537 g/mol. The Morgan fingerprint density at radius 1 is 1.11 bits per heavy atom. The third-order valence-electron chi connectivity index (χ3n) is 7.20. The zero-order valence-electron chi connectivity index (χ0n) is 20.7. The smallest absolute Gasteiger partial charge is 0.247 e. The number of rotatable bonds is 2. The lowest BCUT2D eigenvalue weighted by Gasteiger charge is -2.34. The maximum Gasteiger partial charge on any atom is 0.247 e. The summed E-state index contributed by atoms with van der Waals surface area (Å²) in [5, 5.41) is 12.8. The van der Waals surface area contributed by atoms with E-state index in [4.69, 9.17) is 11.6 Å². The SMILES string of the molecule is CC1CCCC(N2CCC(c3c(F)ccc(Cl)c3F)=CC2=O)c2cc(ccn2)-c2ccc(O)cc2NC1=O. The second kappa shape index (κ2) is 10.5. The van der Waals surface area contributed by atoms with E-state index in [1.807, 2.05) is 13.0 Å². The molecule has 3 aromatic rings. The van der Waals surface area contributed by atoms with Gasteiger partial charge in [-0.05, 0) is 66.8 Å². The van der Waals surface area contributed by atoms with Gasteiger partial charge in [0.1, 0.15) is 11.6 Å². The Morgan fingerprint density at radius 2 is 1.92 bits per heavy atom. The molecule has 2 unspecified atom stereocenters. The number of amides is 2. The van der Waals surface area contributed by atoms with E-state index in [0.717, 1.165) is 17.7 Å². The first-order valence-electron chi connectivity index (χ1n) is 12.5. The number of anilines is 1. The van der Waals surface area contributed by atoms with Crippen LogP contribution in [0.15, 0.2) is 54.7 Å². The number of nitrogens with zero attached hydrogens (tertiary/aromatic N) is 2. The summed E-state index contributed by atoms with van der Waals surface area (Å²) in [6.07, 6.45) is 4.96. The summed E-state index contributed by atoms with van der Waals surface area (Å²) in [5.74, 6) is -2.44. The number of carbonyl (C=O) groups is 2. The van der Waals surface area contributed by atoms with Gasteiger partial charge < -0.3 is 15.3 Å². The highest BCUT2D eigenvalue weighted by atomic mass is 35.5. The fourth-order valence-electron chi connectivity index (χ4n) is 5.14. The zero-order chi connectivity index (χ0) is 27.0. The number of aromatic nitrogens is 1. The molecule has 0 fully saturated rings. The highest BCUT2D eigenvalue weighted by Crippen LogP contribution is 2.38. The molecule has 196 valence electrons. The number of carbonyl (C=O) groups excluding carboxylic acids is 2. The molecule has 2 aromatic carbocycles. The maximum absolute atomic E-state index is 14.6. The first-order chi connectivity index (χ1) is 18.2. The quantitative estimate of drug-likeness (QED) is 0.365. The fraction of sp³-hybridized carbons (Fsp3) is 0.276. The molecule has 2 atom stereocenters. The van der Waals surface area contributed by atoms with Crippen LogP contribution in [0, 0.1) is 17.6 Å². The van der Waals surface area contributed by atoms with Gasteiger partial charge in [-0.1, -0.05) is 24.9 Å². The molecule has 5 rings (SSSR count). The number of fused-ring (bicyclic) bond motifs is 4. The van der Waals surface area contributed by atoms with Gasteiger partial charge in [0, 0.05) is 36.4 Å². The first-order valence-corrected chi connectivity index (χ1v) is 12.9. The van der Waals surface area contributed by atoms with Gasteiger partial charge in [-0.15, -0.1) is 0 Å². The summed E-state index contributed by atoms with van der Waals surface area (Å²) in [7, 11) is 0. The highest BCUT2D eigenvalue weighted by molar-refractivity contribution is 6.31. The summed E-state index contributed by atoms with van der Waals surface area (Å²) in [4.78, 5) is 32.5. The first kappa shape index (κ1) is 25.9. The van der Waals surface area contributed by atoms with Gasteiger partial charge >= 0.3 is 0 Å². The lowest BCUT2D eigenvalue weighted by Crippen LogP contribution is -2.38. The van der Waals surface area contributed by atoms with E-state index in [1.54, 1.807) is 29.3 Å². The van der Waals surface area contributed by atoms with Crippen molar-refractivity contribution in [1.82, 2.24) is 9.88 Å². The van der Waals surface area contributed by atoms with E-state index in [0.29, 0.717) is 36.2 Å². The second-order valence-corrected chi connectivity index (χ2v) is 10.1. The van der Waals surface area contributed by atoms with Crippen LogP contribution in [0.1, 0.15) is 49.9 Å². The van der Waals surface area contributed by atoms with Crippen LogP contribution in [0.4, 0.5) is 14.5 Å². The fourth-order valence-corrected chi connectivity index (χ4v) is 5.29. The summed E-state index contributed by atoms with van der Waals surface area (Å²) < 4.78 is 29.1. The van der Waals surface area contributed by atoms with E-state index in [1.165, 1.54) is 12.1 Å². The van der Waals surface area contributed by atoms with Crippen LogP contribution in [0.2, 0.25) is 5.02 Å². The molecule has 0 saturated carbocycles. The predicted molar refractivity (Wildman–Crippen MR) is 141 cm³/mol. The lowest BCUT2D eigenvalue weighted by molar-refractivity contribution is -0.129. The molecular weight excluding hydrogens is 512 g/mol. The van der Waals surface area contributed by atoms with E-state index < -0.39 is 17.7 Å².